The van der Waals surface area contributed by atoms with Crippen LogP contribution in [-0.4, -0.2) is 57.6 Å². The van der Waals surface area contributed by atoms with Crippen molar-refractivity contribution in [2.75, 3.05) is 33.4 Å². The number of nitrogens with zero attached hydrogens (tertiary/aromatic N) is 1. The van der Waals surface area contributed by atoms with Crippen molar-refractivity contribution in [1.29, 1.82) is 0 Å². The van der Waals surface area contributed by atoms with Crippen LogP contribution in [0.2, 0.25) is 0 Å². The van der Waals surface area contributed by atoms with Gasteiger partial charge in [0.25, 0.3) is 5.91 Å². The van der Waals surface area contributed by atoms with E-state index in [9.17, 15) is 13.2 Å². The molecule has 1 amide bonds. The number of carbonyl (C=O) groups is 1. The van der Waals surface area contributed by atoms with E-state index in [-0.39, 0.29) is 16.8 Å². The topological polar surface area (TPSA) is 94.2 Å². The Balaban J connectivity index is 1.52. The van der Waals surface area contributed by atoms with E-state index in [2.05, 4.69) is 5.32 Å². The third kappa shape index (κ3) is 4.60. The van der Waals surface area contributed by atoms with Crippen LogP contribution in [0.1, 0.15) is 42.2 Å². The fraction of sp³-hybridized carbons (Fsp3) is 0.435. The first-order chi connectivity index (χ1) is 15.2. The van der Waals surface area contributed by atoms with Crippen molar-refractivity contribution >= 4 is 15.9 Å². The number of nitrogens with one attached hydrogen (secondary N) is 1. The number of ether oxygens (including phenoxy) is 3. The lowest BCUT2D eigenvalue weighted by molar-refractivity contribution is 0.0617. The van der Waals surface area contributed by atoms with Crippen LogP contribution >= 0.6 is 0 Å². The number of rotatable bonds is 5. The Morgan fingerprint density at radius 3 is 2.47 bits per heavy atom. The van der Waals surface area contributed by atoms with E-state index in [1.54, 1.807) is 19.2 Å². The number of amides is 1. The fourth-order valence-electron chi connectivity index (χ4n) is 4.04. The van der Waals surface area contributed by atoms with Gasteiger partial charge in [0.05, 0.1) is 31.3 Å². The summed E-state index contributed by atoms with van der Waals surface area (Å²) in [6.07, 6.45) is 0.599. The standard InChI is InChI=1S/C23H28N2O6S/c1-23(2)15-20(19-9-6-17(29-3)14-21(19)31-23)24-22(26)16-4-7-18(8-5-16)32(27,28)25-10-12-30-13-11-25/h4-9,14,20H,10-13,15H2,1-3H3,(H,24,26)/t20-/m0/s1. The van der Waals surface area contributed by atoms with Crippen LogP contribution in [-0.2, 0) is 14.8 Å². The molecule has 1 atom stereocenters. The van der Waals surface area contributed by atoms with Gasteiger partial charge in [0.1, 0.15) is 17.1 Å². The van der Waals surface area contributed by atoms with Crippen LogP contribution in [0.5, 0.6) is 11.5 Å². The monoisotopic (exact) mass is 460 g/mol. The largest absolute Gasteiger partial charge is 0.497 e. The van der Waals surface area contributed by atoms with Crippen molar-refractivity contribution in [3.8, 4) is 11.5 Å². The molecule has 0 aromatic heterocycles. The lowest BCUT2D eigenvalue weighted by Crippen LogP contribution is -2.41. The van der Waals surface area contributed by atoms with E-state index < -0.39 is 15.6 Å². The van der Waals surface area contributed by atoms with Crippen LogP contribution in [0.15, 0.2) is 47.4 Å². The summed E-state index contributed by atoms with van der Waals surface area (Å²) in [5, 5.41) is 3.07. The molecule has 0 bridgehead atoms. The van der Waals surface area contributed by atoms with E-state index >= 15 is 0 Å². The molecule has 0 aliphatic carbocycles. The van der Waals surface area contributed by atoms with Crippen molar-refractivity contribution in [1.82, 2.24) is 9.62 Å². The summed E-state index contributed by atoms with van der Waals surface area (Å²) in [7, 11) is -2.01. The zero-order valence-electron chi connectivity index (χ0n) is 18.5. The van der Waals surface area contributed by atoms with Gasteiger partial charge in [-0.15, -0.1) is 0 Å². The highest BCUT2D eigenvalue weighted by atomic mass is 32.2. The smallest absolute Gasteiger partial charge is 0.251 e. The van der Waals surface area contributed by atoms with E-state index in [0.717, 1.165) is 5.56 Å². The van der Waals surface area contributed by atoms with E-state index in [4.69, 9.17) is 14.2 Å². The highest BCUT2D eigenvalue weighted by Crippen LogP contribution is 2.41. The molecule has 2 aliphatic rings. The predicted molar refractivity (Wildman–Crippen MR) is 119 cm³/mol. The minimum atomic E-state index is -3.60. The summed E-state index contributed by atoms with van der Waals surface area (Å²) in [6.45, 7) is 5.37. The molecule has 8 nitrogen and oxygen atoms in total. The Bertz CT molecular complexity index is 1090. The minimum Gasteiger partial charge on any atom is -0.497 e. The van der Waals surface area contributed by atoms with Gasteiger partial charge in [-0.25, -0.2) is 8.42 Å². The molecule has 2 aliphatic heterocycles. The fourth-order valence-corrected chi connectivity index (χ4v) is 5.45. The first kappa shape index (κ1) is 22.6. The quantitative estimate of drug-likeness (QED) is 0.737. The molecule has 1 fully saturated rings. The molecule has 1 N–H and O–H groups in total. The molecule has 1 saturated heterocycles. The number of hydrogen-bond donors (Lipinski definition) is 1. The average molecular weight is 461 g/mol. The van der Waals surface area contributed by atoms with Crippen molar-refractivity contribution in [2.24, 2.45) is 0 Å². The van der Waals surface area contributed by atoms with Gasteiger partial charge in [0.15, 0.2) is 0 Å². The lowest BCUT2D eigenvalue weighted by Gasteiger charge is -2.38. The molecule has 0 unspecified atom stereocenters. The molecular weight excluding hydrogens is 432 g/mol. The van der Waals surface area contributed by atoms with Crippen LogP contribution in [0, 0.1) is 0 Å². The molecule has 2 heterocycles. The third-order valence-electron chi connectivity index (χ3n) is 5.71. The summed E-state index contributed by atoms with van der Waals surface area (Å²) in [5.41, 5.74) is 0.809. The first-order valence-electron chi connectivity index (χ1n) is 10.6. The maximum atomic E-state index is 13.0. The molecule has 0 radical (unpaired) electrons. The summed E-state index contributed by atoms with van der Waals surface area (Å²) in [4.78, 5) is 13.1. The van der Waals surface area contributed by atoms with Crippen LogP contribution in [0.4, 0.5) is 0 Å². The molecule has 4 rings (SSSR count). The van der Waals surface area contributed by atoms with Gasteiger partial charge in [-0.2, -0.15) is 4.31 Å². The van der Waals surface area contributed by atoms with E-state index in [1.165, 1.54) is 16.4 Å². The summed E-state index contributed by atoms with van der Waals surface area (Å²) >= 11 is 0. The third-order valence-corrected chi connectivity index (χ3v) is 7.62. The number of hydrogen-bond acceptors (Lipinski definition) is 6. The zero-order valence-corrected chi connectivity index (χ0v) is 19.3. The van der Waals surface area contributed by atoms with Gasteiger partial charge in [0.2, 0.25) is 10.0 Å². The van der Waals surface area contributed by atoms with Gasteiger partial charge in [-0.1, -0.05) is 0 Å². The number of fused-ring (bicyclic) bond motifs is 1. The Hall–Kier alpha value is -2.62. The first-order valence-corrected chi connectivity index (χ1v) is 12.0. The average Bonchev–Trinajstić information content (AvgIpc) is 2.78. The molecule has 0 saturated carbocycles. The summed E-state index contributed by atoms with van der Waals surface area (Å²) < 4.78 is 43.6. The molecule has 2 aromatic carbocycles. The van der Waals surface area contributed by atoms with Gasteiger partial charge in [0, 0.05) is 36.7 Å². The molecule has 2 aromatic rings. The maximum absolute atomic E-state index is 13.0. The van der Waals surface area contributed by atoms with Gasteiger partial charge in [-0.05, 0) is 50.2 Å². The Kier molecular flexibility index (Phi) is 6.15. The zero-order chi connectivity index (χ0) is 22.9. The lowest BCUT2D eigenvalue weighted by atomic mass is 9.89. The van der Waals surface area contributed by atoms with Crippen LogP contribution < -0.4 is 14.8 Å². The number of sulfonamides is 1. The number of carbonyl (C=O) groups excluding carboxylic acids is 1. The molecular formula is C23H28N2O6S. The van der Waals surface area contributed by atoms with Crippen molar-refractivity contribution in [2.45, 2.75) is 36.8 Å². The Labute approximate surface area is 188 Å². The highest BCUT2D eigenvalue weighted by Gasteiger charge is 2.35. The molecule has 172 valence electrons. The highest BCUT2D eigenvalue weighted by molar-refractivity contribution is 7.89. The SMILES string of the molecule is COc1ccc2c(c1)OC(C)(C)C[C@@H]2NC(=O)c1ccc(S(=O)(=O)N2CCOCC2)cc1. The minimum absolute atomic E-state index is 0.167. The second-order valence-electron chi connectivity index (χ2n) is 8.54. The molecule has 32 heavy (non-hydrogen) atoms. The second kappa shape index (κ2) is 8.73. The van der Waals surface area contributed by atoms with Crippen molar-refractivity contribution in [3.05, 3.63) is 53.6 Å². The number of morpholine rings is 1. The van der Waals surface area contributed by atoms with Gasteiger partial charge < -0.3 is 19.5 Å². The van der Waals surface area contributed by atoms with Crippen LogP contribution in [0.25, 0.3) is 0 Å². The van der Waals surface area contributed by atoms with Crippen molar-refractivity contribution < 1.29 is 27.4 Å². The number of methoxy groups -OCH3 is 1. The Morgan fingerprint density at radius 1 is 1.12 bits per heavy atom. The Morgan fingerprint density at radius 2 is 1.81 bits per heavy atom. The van der Waals surface area contributed by atoms with E-state index in [0.29, 0.717) is 49.8 Å². The predicted octanol–water partition coefficient (Wildman–Crippen LogP) is 2.75. The molecule has 9 heteroatoms. The molecule has 0 spiro atoms. The van der Waals surface area contributed by atoms with Crippen LogP contribution in [0.3, 0.4) is 0 Å². The summed E-state index contributed by atoms with van der Waals surface area (Å²) in [6, 6.07) is 11.4. The maximum Gasteiger partial charge on any atom is 0.251 e. The van der Waals surface area contributed by atoms with Gasteiger partial charge in [-0.3, -0.25) is 4.79 Å². The summed E-state index contributed by atoms with van der Waals surface area (Å²) in [5.74, 6) is 1.09. The van der Waals surface area contributed by atoms with Crippen molar-refractivity contribution in [3.63, 3.8) is 0 Å². The normalized spacial score (nSPS) is 20.7. The van der Waals surface area contributed by atoms with E-state index in [1.807, 2.05) is 32.0 Å². The number of benzene rings is 2. The second-order valence-corrected chi connectivity index (χ2v) is 10.5. The van der Waals surface area contributed by atoms with Gasteiger partial charge >= 0.3 is 0 Å².